The lowest BCUT2D eigenvalue weighted by Gasteiger charge is -2.39. The number of likely N-dealkylation sites (tertiary alicyclic amines) is 1. The lowest BCUT2D eigenvalue weighted by Crippen LogP contribution is -2.57. The maximum absolute atomic E-state index is 14.8. The Morgan fingerprint density at radius 2 is 1.78 bits per heavy atom. The first-order valence-electron chi connectivity index (χ1n) is 16.3. The number of hydrogen-bond acceptors (Lipinski definition) is 4. The van der Waals surface area contributed by atoms with Crippen LogP contribution in [0, 0.1) is 5.92 Å². The van der Waals surface area contributed by atoms with E-state index in [1.807, 2.05) is 77.5 Å². The number of amides is 3. The minimum absolute atomic E-state index is 0.0946. The molecule has 3 heterocycles. The Bertz CT molecular complexity index is 1650. The third-order valence-electron chi connectivity index (χ3n) is 9.39. The first kappa shape index (κ1) is 32.1. The van der Waals surface area contributed by atoms with E-state index in [4.69, 9.17) is 16.3 Å². The Morgan fingerprint density at radius 1 is 1.04 bits per heavy atom. The second-order valence-electron chi connectivity index (χ2n) is 13.0. The molecule has 3 amide bonds. The molecule has 1 fully saturated rings. The highest BCUT2D eigenvalue weighted by Crippen LogP contribution is 2.35. The van der Waals surface area contributed by atoms with E-state index in [0.29, 0.717) is 31.3 Å². The van der Waals surface area contributed by atoms with Crippen molar-refractivity contribution < 1.29 is 14.3 Å². The average molecular weight is 642 g/mol. The summed E-state index contributed by atoms with van der Waals surface area (Å²) in [6.07, 6.45) is 4.41. The Labute approximate surface area is 276 Å². The number of aromatic nitrogens is 1. The van der Waals surface area contributed by atoms with Crippen molar-refractivity contribution in [1.29, 1.82) is 0 Å². The molecule has 0 spiro atoms. The van der Waals surface area contributed by atoms with E-state index in [0.717, 1.165) is 59.1 Å². The van der Waals surface area contributed by atoms with Gasteiger partial charge in [-0.25, -0.2) is 4.79 Å². The summed E-state index contributed by atoms with van der Waals surface area (Å²) in [6.45, 7) is 5.15. The van der Waals surface area contributed by atoms with Crippen molar-refractivity contribution in [2.24, 2.45) is 5.92 Å². The normalized spacial score (nSPS) is 18.4. The molecule has 0 unspecified atom stereocenters. The van der Waals surface area contributed by atoms with E-state index >= 15 is 0 Å². The lowest BCUT2D eigenvalue weighted by atomic mass is 9.88. The summed E-state index contributed by atoms with van der Waals surface area (Å²) in [5.41, 5.74) is 5.07. The third-order valence-corrected chi connectivity index (χ3v) is 9.62. The van der Waals surface area contributed by atoms with Crippen LogP contribution in [0.4, 0.5) is 10.5 Å². The molecule has 4 aromatic rings. The second-order valence-corrected chi connectivity index (χ2v) is 13.5. The number of carbonyl (C=O) groups is 2. The van der Waals surface area contributed by atoms with E-state index < -0.39 is 6.04 Å². The van der Waals surface area contributed by atoms with Crippen LogP contribution in [0.2, 0.25) is 5.02 Å². The molecule has 3 atom stereocenters. The molecule has 0 saturated carbocycles. The molecule has 0 aliphatic carbocycles. The van der Waals surface area contributed by atoms with Crippen LogP contribution in [-0.2, 0) is 22.6 Å². The van der Waals surface area contributed by atoms with Crippen LogP contribution in [-0.4, -0.2) is 79.1 Å². The molecule has 9 heteroatoms. The summed E-state index contributed by atoms with van der Waals surface area (Å²) in [4.78, 5) is 37.9. The molecule has 2 aliphatic rings. The number of rotatable bonds is 9. The van der Waals surface area contributed by atoms with Gasteiger partial charge in [0.2, 0.25) is 5.91 Å². The van der Waals surface area contributed by atoms with E-state index in [2.05, 4.69) is 47.5 Å². The fourth-order valence-electron chi connectivity index (χ4n) is 7.02. The number of nitrogens with one attached hydrogen (secondary N) is 2. The van der Waals surface area contributed by atoms with Gasteiger partial charge in [-0.15, -0.1) is 0 Å². The quantitative estimate of drug-likeness (QED) is 0.220. The average Bonchev–Trinajstić information content (AvgIpc) is 3.50. The van der Waals surface area contributed by atoms with E-state index in [1.54, 1.807) is 0 Å². The molecule has 8 nitrogen and oxygen atoms in total. The van der Waals surface area contributed by atoms with Gasteiger partial charge in [0.05, 0.1) is 12.7 Å². The van der Waals surface area contributed by atoms with Crippen LogP contribution in [0.3, 0.4) is 0 Å². The van der Waals surface area contributed by atoms with Crippen LogP contribution in [0.1, 0.15) is 42.4 Å². The van der Waals surface area contributed by atoms with Gasteiger partial charge in [0, 0.05) is 59.9 Å². The van der Waals surface area contributed by atoms with Gasteiger partial charge >= 0.3 is 6.03 Å². The summed E-state index contributed by atoms with van der Waals surface area (Å²) in [5.74, 6) is -0.164. The second kappa shape index (κ2) is 14.3. The van der Waals surface area contributed by atoms with E-state index in [1.165, 1.54) is 0 Å². The summed E-state index contributed by atoms with van der Waals surface area (Å²) in [7, 11) is 4.11. The number of piperidine rings is 1. The van der Waals surface area contributed by atoms with Crippen LogP contribution in [0.15, 0.2) is 79.0 Å². The predicted molar refractivity (Wildman–Crippen MR) is 184 cm³/mol. The maximum Gasteiger partial charge on any atom is 0.318 e. The Hall–Kier alpha value is -3.85. The molecule has 1 aromatic heterocycles. The van der Waals surface area contributed by atoms with Crippen LogP contribution < -0.4 is 10.2 Å². The maximum atomic E-state index is 14.8. The van der Waals surface area contributed by atoms with Gasteiger partial charge in [0.25, 0.3) is 0 Å². The number of hydrogen-bond donors (Lipinski definition) is 2. The van der Waals surface area contributed by atoms with Gasteiger partial charge in [0.15, 0.2) is 0 Å². The van der Waals surface area contributed by atoms with Crippen LogP contribution in [0.5, 0.6) is 0 Å². The number of carbonyl (C=O) groups excluding carboxylic acids is 2. The van der Waals surface area contributed by atoms with Crippen molar-refractivity contribution in [3.8, 4) is 0 Å². The van der Waals surface area contributed by atoms with E-state index in [9.17, 15) is 9.59 Å². The Kier molecular flexibility index (Phi) is 9.97. The van der Waals surface area contributed by atoms with Crippen LogP contribution in [0.25, 0.3) is 10.9 Å². The molecule has 46 heavy (non-hydrogen) atoms. The molecule has 242 valence electrons. The van der Waals surface area contributed by atoms with Crippen molar-refractivity contribution in [2.75, 3.05) is 45.2 Å². The fourth-order valence-corrected chi connectivity index (χ4v) is 7.21. The molecule has 0 bridgehead atoms. The van der Waals surface area contributed by atoms with Gasteiger partial charge < -0.3 is 29.7 Å². The molecule has 2 aliphatic heterocycles. The topological polar surface area (TPSA) is 80.9 Å². The minimum atomic E-state index is -0.777. The number of ether oxygens (including phenoxy) is 1. The number of anilines is 1. The third kappa shape index (κ3) is 7.25. The van der Waals surface area contributed by atoms with Crippen molar-refractivity contribution in [1.82, 2.24) is 20.1 Å². The number of nitrogens with zero attached hydrogens (tertiary/aromatic N) is 3. The highest BCUT2D eigenvalue weighted by Gasteiger charge is 2.38. The molecule has 3 aromatic carbocycles. The van der Waals surface area contributed by atoms with Crippen LogP contribution >= 0.6 is 11.6 Å². The zero-order chi connectivity index (χ0) is 32.2. The predicted octanol–water partition coefficient (Wildman–Crippen LogP) is 6.45. The number of fused-ring (bicyclic) bond motifs is 2. The number of H-pyrrole nitrogens is 1. The van der Waals surface area contributed by atoms with Crippen molar-refractivity contribution in [3.05, 3.63) is 101 Å². The van der Waals surface area contributed by atoms with Gasteiger partial charge in [-0.1, -0.05) is 67.1 Å². The number of halogens is 1. The lowest BCUT2D eigenvalue weighted by molar-refractivity contribution is -0.121. The number of para-hydroxylation sites is 1. The largest absolute Gasteiger partial charge is 0.373 e. The highest BCUT2D eigenvalue weighted by atomic mass is 35.5. The smallest absolute Gasteiger partial charge is 0.318 e. The first-order valence-corrected chi connectivity index (χ1v) is 16.7. The molecule has 0 radical (unpaired) electrons. The summed E-state index contributed by atoms with van der Waals surface area (Å²) < 4.78 is 6.17. The SMILES string of the molecule is C[C@@H](c1c[nH]c2ccccc12)[C@@H](NC(=O)N1CCC(OCc2ccccc2)CC1)C(=O)N1C[C@@H](CN(C)C)Cc2cc(Cl)ccc21. The number of urea groups is 1. The highest BCUT2D eigenvalue weighted by molar-refractivity contribution is 6.30. The number of aromatic amines is 1. The van der Waals surface area contributed by atoms with E-state index in [-0.39, 0.29) is 29.9 Å². The van der Waals surface area contributed by atoms with Crippen molar-refractivity contribution >= 4 is 40.1 Å². The summed E-state index contributed by atoms with van der Waals surface area (Å²) in [6, 6.07) is 23.0. The first-order chi connectivity index (χ1) is 22.3. The fraction of sp³-hybridized carbons (Fsp3) is 0.405. The minimum Gasteiger partial charge on any atom is -0.373 e. The zero-order valence-electron chi connectivity index (χ0n) is 26.9. The summed E-state index contributed by atoms with van der Waals surface area (Å²) in [5, 5.41) is 4.92. The Morgan fingerprint density at radius 3 is 2.54 bits per heavy atom. The molecule has 6 rings (SSSR count). The summed E-state index contributed by atoms with van der Waals surface area (Å²) >= 11 is 6.42. The van der Waals surface area contributed by atoms with Crippen molar-refractivity contribution in [2.45, 2.75) is 50.9 Å². The van der Waals surface area contributed by atoms with Gasteiger partial charge in [-0.05, 0) is 80.2 Å². The molecule has 2 N–H and O–H groups in total. The molecular formula is C37H44ClN5O3. The number of benzene rings is 3. The molecular weight excluding hydrogens is 598 g/mol. The van der Waals surface area contributed by atoms with Gasteiger partial charge in [0.1, 0.15) is 6.04 Å². The molecule has 1 saturated heterocycles. The monoisotopic (exact) mass is 641 g/mol. The van der Waals surface area contributed by atoms with Crippen molar-refractivity contribution in [3.63, 3.8) is 0 Å². The van der Waals surface area contributed by atoms with Gasteiger partial charge in [-0.2, -0.15) is 0 Å². The van der Waals surface area contributed by atoms with Gasteiger partial charge in [-0.3, -0.25) is 4.79 Å². The Balaban J connectivity index is 1.23. The standard InChI is InChI=1S/C37H44ClN5O3/c1-25(32-21-39-33-12-8-7-11-31(32)33)35(36(44)43-23-27(22-41(2)3)19-28-20-29(38)13-14-34(28)43)40-37(45)42-17-15-30(16-18-42)46-24-26-9-5-4-6-10-26/h4-14,20-21,25,27,30,35,39H,15-19,22-24H2,1-3H3,(H,40,45)/t25-,27+,35+/m0/s1. The zero-order valence-corrected chi connectivity index (χ0v) is 27.7.